The second kappa shape index (κ2) is 12.1. The number of piperazine rings is 1. The van der Waals surface area contributed by atoms with Crippen LogP contribution in [0.3, 0.4) is 0 Å². The van der Waals surface area contributed by atoms with Gasteiger partial charge in [-0.2, -0.15) is 0 Å². The number of carbonyl (C=O) groups is 2. The van der Waals surface area contributed by atoms with Crippen LogP contribution in [0.4, 0.5) is 0 Å². The molecule has 0 radical (unpaired) electrons. The van der Waals surface area contributed by atoms with E-state index in [4.69, 9.17) is 17.0 Å². The lowest BCUT2D eigenvalue weighted by Gasteiger charge is -2.37. The number of hydrogen-bond acceptors (Lipinski definition) is 7. The second-order valence-corrected chi connectivity index (χ2v) is 10.2. The van der Waals surface area contributed by atoms with Crippen LogP contribution in [0.15, 0.2) is 17.5 Å². The molecule has 1 aromatic heterocycles. The maximum absolute atomic E-state index is 12.4. The molecular weight excluding hydrogens is 460 g/mol. The van der Waals surface area contributed by atoms with E-state index in [0.29, 0.717) is 24.6 Å². The maximum Gasteiger partial charge on any atom is 0.237 e. The van der Waals surface area contributed by atoms with E-state index in [2.05, 4.69) is 31.1 Å². The number of amides is 2. The number of fused-ring (bicyclic) bond motifs is 1. The molecule has 3 fully saturated rings. The third kappa shape index (κ3) is 7.10. The van der Waals surface area contributed by atoms with E-state index in [1.54, 1.807) is 11.3 Å². The number of morpholine rings is 1. The molecule has 3 saturated heterocycles. The van der Waals surface area contributed by atoms with E-state index in [0.717, 1.165) is 63.7 Å². The Balaban J connectivity index is 1.18. The zero-order valence-corrected chi connectivity index (χ0v) is 20.5. The van der Waals surface area contributed by atoms with Gasteiger partial charge in [0.1, 0.15) is 0 Å². The highest BCUT2D eigenvalue weighted by molar-refractivity contribution is 7.80. The zero-order chi connectivity index (χ0) is 23.0. The van der Waals surface area contributed by atoms with Crippen LogP contribution in [0.5, 0.6) is 0 Å². The van der Waals surface area contributed by atoms with E-state index in [1.807, 2.05) is 17.5 Å². The van der Waals surface area contributed by atoms with E-state index in [9.17, 15) is 9.59 Å². The molecule has 2 amide bonds. The normalized spacial score (nSPS) is 25.8. The van der Waals surface area contributed by atoms with Gasteiger partial charge in [-0.15, -0.1) is 11.3 Å². The molecule has 9 nitrogen and oxygen atoms in total. The Morgan fingerprint density at radius 1 is 1.30 bits per heavy atom. The van der Waals surface area contributed by atoms with Gasteiger partial charge in [-0.05, 0) is 36.5 Å². The topological polar surface area (TPSA) is 98.0 Å². The van der Waals surface area contributed by atoms with Crippen molar-refractivity contribution >= 4 is 40.5 Å². The lowest BCUT2D eigenvalue weighted by atomic mass is 10.0. The Hall–Kier alpha value is -1.79. The predicted octanol–water partition coefficient (Wildman–Crippen LogP) is -0.118. The van der Waals surface area contributed by atoms with E-state index in [1.165, 1.54) is 0 Å². The molecule has 3 atom stereocenters. The minimum Gasteiger partial charge on any atom is -0.379 e. The van der Waals surface area contributed by atoms with Crippen molar-refractivity contribution in [2.75, 3.05) is 52.5 Å². The van der Waals surface area contributed by atoms with Crippen LogP contribution in [-0.2, 0) is 20.9 Å². The summed E-state index contributed by atoms with van der Waals surface area (Å²) >= 11 is 7.13. The predicted molar refractivity (Wildman–Crippen MR) is 132 cm³/mol. The summed E-state index contributed by atoms with van der Waals surface area (Å²) < 4.78 is 5.38. The van der Waals surface area contributed by atoms with E-state index in [-0.39, 0.29) is 29.9 Å². The third-order valence-corrected chi connectivity index (χ3v) is 7.66. The first-order valence-corrected chi connectivity index (χ1v) is 13.0. The quantitative estimate of drug-likeness (QED) is 0.353. The molecule has 0 bridgehead atoms. The monoisotopic (exact) mass is 494 g/mol. The number of thiocarbonyl (C=S) groups is 1. The Labute approximate surface area is 204 Å². The first-order valence-electron chi connectivity index (χ1n) is 11.8. The van der Waals surface area contributed by atoms with Gasteiger partial charge in [0.05, 0.1) is 25.8 Å². The largest absolute Gasteiger partial charge is 0.379 e. The number of nitrogens with zero attached hydrogens (tertiary/aromatic N) is 2. The van der Waals surface area contributed by atoms with Crippen molar-refractivity contribution in [3.8, 4) is 0 Å². The number of ether oxygens (including phenoxy) is 1. The first kappa shape index (κ1) is 24.3. The van der Waals surface area contributed by atoms with Gasteiger partial charge in [0.2, 0.25) is 11.8 Å². The van der Waals surface area contributed by atoms with Crippen molar-refractivity contribution in [3.63, 3.8) is 0 Å². The van der Waals surface area contributed by atoms with Crippen molar-refractivity contribution in [2.45, 2.75) is 43.9 Å². The number of thiophene rings is 1. The van der Waals surface area contributed by atoms with Gasteiger partial charge in [0, 0.05) is 62.7 Å². The van der Waals surface area contributed by atoms with Gasteiger partial charge in [-0.25, -0.2) is 0 Å². The Morgan fingerprint density at radius 2 is 2.15 bits per heavy atom. The Bertz CT molecular complexity index is 802. The van der Waals surface area contributed by atoms with Gasteiger partial charge in [-0.1, -0.05) is 6.07 Å². The molecule has 4 rings (SSSR count). The third-order valence-electron chi connectivity index (χ3n) is 6.52. The maximum atomic E-state index is 12.4. The number of carbonyl (C=O) groups excluding carboxylic acids is 2. The molecule has 11 heteroatoms. The summed E-state index contributed by atoms with van der Waals surface area (Å²) in [6, 6.07) is 4.13. The molecule has 0 aromatic carbocycles. The average molecular weight is 495 g/mol. The molecule has 33 heavy (non-hydrogen) atoms. The summed E-state index contributed by atoms with van der Waals surface area (Å²) in [6.45, 7) is 7.15. The smallest absolute Gasteiger partial charge is 0.237 e. The highest BCUT2D eigenvalue weighted by Gasteiger charge is 2.43. The second-order valence-electron chi connectivity index (χ2n) is 8.79. The van der Waals surface area contributed by atoms with Crippen LogP contribution in [0.2, 0.25) is 0 Å². The summed E-state index contributed by atoms with van der Waals surface area (Å²) in [7, 11) is 0. The van der Waals surface area contributed by atoms with Crippen molar-refractivity contribution in [2.24, 2.45) is 0 Å². The molecule has 3 aliphatic heterocycles. The standard InChI is InChI=1S/C22H34N6O3S2/c29-20(24-14-18-2-1-11-33-18)4-3-17-13-25-21(30)19-12-16(15-28(17)19)26-22(32)23-5-6-27-7-9-31-10-8-27/h1-2,11,16-17,19H,3-10,12-15H2,(H,24,29)(H,25,30)(H2,23,26,32). The van der Waals surface area contributed by atoms with E-state index < -0.39 is 0 Å². The molecule has 3 aliphatic rings. The van der Waals surface area contributed by atoms with Gasteiger partial charge in [0.25, 0.3) is 0 Å². The Kier molecular flexibility index (Phi) is 8.90. The van der Waals surface area contributed by atoms with Gasteiger partial charge >= 0.3 is 0 Å². The molecule has 4 heterocycles. The summed E-state index contributed by atoms with van der Waals surface area (Å²) in [4.78, 5) is 30.5. The SMILES string of the molecule is O=C(CCC1CNC(=O)C2CC(NC(=S)NCCN3CCOCC3)CN12)NCc1cccs1. The van der Waals surface area contributed by atoms with Crippen LogP contribution in [0, 0.1) is 0 Å². The van der Waals surface area contributed by atoms with E-state index >= 15 is 0 Å². The fourth-order valence-corrected chi connectivity index (χ4v) is 5.64. The molecule has 0 spiro atoms. The fraction of sp³-hybridized carbons (Fsp3) is 0.682. The van der Waals surface area contributed by atoms with Crippen molar-refractivity contribution < 1.29 is 14.3 Å². The van der Waals surface area contributed by atoms with Crippen molar-refractivity contribution in [1.29, 1.82) is 0 Å². The molecule has 0 saturated carbocycles. The molecular formula is C22H34N6O3S2. The summed E-state index contributed by atoms with van der Waals surface area (Å²) in [5.41, 5.74) is 0. The summed E-state index contributed by atoms with van der Waals surface area (Å²) in [6.07, 6.45) is 1.90. The molecule has 182 valence electrons. The van der Waals surface area contributed by atoms with Crippen LogP contribution >= 0.6 is 23.6 Å². The van der Waals surface area contributed by atoms with Crippen LogP contribution in [0.1, 0.15) is 24.1 Å². The minimum atomic E-state index is -0.161. The molecule has 0 aliphatic carbocycles. The lowest BCUT2D eigenvalue weighted by Crippen LogP contribution is -2.58. The van der Waals surface area contributed by atoms with Crippen molar-refractivity contribution in [3.05, 3.63) is 22.4 Å². The lowest BCUT2D eigenvalue weighted by molar-refractivity contribution is -0.129. The van der Waals surface area contributed by atoms with Crippen molar-refractivity contribution in [1.82, 2.24) is 31.1 Å². The van der Waals surface area contributed by atoms with Gasteiger partial charge in [-0.3, -0.25) is 19.4 Å². The summed E-state index contributed by atoms with van der Waals surface area (Å²) in [5.74, 6) is 0.125. The summed E-state index contributed by atoms with van der Waals surface area (Å²) in [5, 5.41) is 15.3. The highest BCUT2D eigenvalue weighted by Crippen LogP contribution is 2.25. The minimum absolute atomic E-state index is 0.0522. The zero-order valence-electron chi connectivity index (χ0n) is 18.9. The highest BCUT2D eigenvalue weighted by atomic mass is 32.1. The molecule has 3 unspecified atom stereocenters. The van der Waals surface area contributed by atoms with Gasteiger partial charge in [0.15, 0.2) is 5.11 Å². The number of hydrogen-bond donors (Lipinski definition) is 4. The van der Waals surface area contributed by atoms with Crippen LogP contribution < -0.4 is 21.3 Å². The van der Waals surface area contributed by atoms with Crippen LogP contribution in [0.25, 0.3) is 0 Å². The Morgan fingerprint density at radius 3 is 2.94 bits per heavy atom. The molecule has 4 N–H and O–H groups in total. The number of nitrogens with one attached hydrogen (secondary N) is 4. The number of rotatable bonds is 9. The first-order chi connectivity index (χ1) is 16.1. The average Bonchev–Trinajstić information content (AvgIpc) is 3.48. The van der Waals surface area contributed by atoms with Gasteiger partial charge < -0.3 is 26.0 Å². The molecule has 1 aromatic rings. The fourth-order valence-electron chi connectivity index (χ4n) is 4.72. The van der Waals surface area contributed by atoms with Crippen LogP contribution in [-0.4, -0.2) is 97.3 Å².